The predicted molar refractivity (Wildman–Crippen MR) is 210 cm³/mol. The lowest BCUT2D eigenvalue weighted by Crippen LogP contribution is -2.60. The molecule has 1 aliphatic heterocycles. The molecule has 0 bridgehead atoms. The molecular weight excluding hydrogens is 758 g/mol. The molecule has 6 rings (SSSR count). The highest BCUT2D eigenvalue weighted by Gasteiger charge is 2.41. The van der Waals surface area contributed by atoms with Gasteiger partial charge in [-0.05, 0) is 112 Å². The number of amides is 5. The number of fused-ring (bicyclic) bond motifs is 1. The number of tetrazole rings is 1. The third kappa shape index (κ3) is 9.74. The van der Waals surface area contributed by atoms with Gasteiger partial charge in [0.15, 0.2) is 0 Å². The number of hydrogen-bond donors (Lipinski definition) is 4. The van der Waals surface area contributed by atoms with Gasteiger partial charge in [-0.15, -0.1) is 5.10 Å². The van der Waals surface area contributed by atoms with E-state index in [2.05, 4.69) is 31.5 Å². The lowest BCUT2D eigenvalue weighted by atomic mass is 10.0. The Morgan fingerprint density at radius 2 is 1.65 bits per heavy atom. The maximum Gasteiger partial charge on any atom is 0.374 e. The molecule has 17 nitrogen and oxygen atoms in total. The van der Waals surface area contributed by atoms with Crippen LogP contribution in [0.4, 0.5) is 21.9 Å². The fourth-order valence-electron chi connectivity index (χ4n) is 6.23. The van der Waals surface area contributed by atoms with E-state index in [1.54, 1.807) is 89.2 Å². The summed E-state index contributed by atoms with van der Waals surface area (Å²) < 4.78 is 12.5. The zero-order valence-corrected chi connectivity index (χ0v) is 32.7. The number of rotatable bonds is 12. The van der Waals surface area contributed by atoms with Crippen molar-refractivity contribution in [1.82, 2.24) is 30.4 Å². The number of carbonyl (C=O) groups is 5. The van der Waals surface area contributed by atoms with Crippen LogP contribution in [0, 0.1) is 0 Å². The summed E-state index contributed by atoms with van der Waals surface area (Å²) in [4.78, 5) is 69.9. The topological polar surface area (TPSA) is 214 Å². The number of urea groups is 1. The highest BCUT2D eigenvalue weighted by atomic mass is 35.5. The minimum Gasteiger partial charge on any atom is -0.454 e. The fraction of sp³-hybridized carbons (Fsp3) is 0.333. The van der Waals surface area contributed by atoms with Gasteiger partial charge in [-0.1, -0.05) is 23.7 Å². The molecule has 1 fully saturated rings. The Morgan fingerprint density at radius 3 is 2.33 bits per heavy atom. The number of hydrogen-bond acceptors (Lipinski definition) is 11. The number of esters is 1. The van der Waals surface area contributed by atoms with Crippen LogP contribution in [0.5, 0.6) is 0 Å². The Bertz CT molecular complexity index is 2300. The second kappa shape index (κ2) is 16.4. The number of furan rings is 1. The molecule has 57 heavy (non-hydrogen) atoms. The molecule has 3 aromatic carbocycles. The summed E-state index contributed by atoms with van der Waals surface area (Å²) >= 11 is 6.32. The van der Waals surface area contributed by atoms with E-state index in [9.17, 15) is 29.1 Å². The predicted octanol–water partition coefficient (Wildman–Crippen LogP) is 4.72. The summed E-state index contributed by atoms with van der Waals surface area (Å²) in [6.45, 7) is 8.72. The third-order valence-corrected chi connectivity index (χ3v) is 9.21. The number of aliphatic hydroxyl groups excluding tert-OH is 1. The van der Waals surface area contributed by atoms with E-state index in [1.165, 1.54) is 32.9 Å². The Hall–Kier alpha value is -6.33. The monoisotopic (exact) mass is 799 g/mol. The van der Waals surface area contributed by atoms with Crippen LogP contribution in [0.1, 0.15) is 57.2 Å². The number of carbonyl (C=O) groups excluding carboxylic acids is 5. The van der Waals surface area contributed by atoms with Crippen molar-refractivity contribution < 1.29 is 38.2 Å². The standard InChI is InChI=1S/C39H42ClN9O8/c1-38(2,3)57-36(54)32-20-24-19-27(11-13-31(24)56-32)42-33(51)30(18-23-6-9-26(10-7-23)43-37(55)44-39(4,5)14-17-50)48-16-15-47(34(52)35(48)53)29-21-25(40)8-12-28(29)49-22-41-45-46-49/h6-13,19-22,30,50H,14-18H2,1-5H3,(H,42,51)(H2,43,44,55). The maximum atomic E-state index is 14.2. The summed E-state index contributed by atoms with van der Waals surface area (Å²) in [7, 11) is 0. The van der Waals surface area contributed by atoms with E-state index in [1.807, 2.05) is 0 Å². The van der Waals surface area contributed by atoms with Crippen LogP contribution in [0.2, 0.25) is 5.02 Å². The molecule has 0 saturated carbocycles. The molecule has 2 aromatic heterocycles. The van der Waals surface area contributed by atoms with Crippen LogP contribution in [-0.2, 0) is 25.5 Å². The van der Waals surface area contributed by atoms with Crippen LogP contribution < -0.4 is 20.9 Å². The van der Waals surface area contributed by atoms with E-state index in [4.69, 9.17) is 20.8 Å². The minimum atomic E-state index is -1.17. The molecule has 1 saturated heterocycles. The molecule has 1 aliphatic rings. The van der Waals surface area contributed by atoms with Gasteiger partial charge in [-0.2, -0.15) is 4.68 Å². The molecule has 0 aliphatic carbocycles. The van der Waals surface area contributed by atoms with E-state index in [-0.39, 0.29) is 31.9 Å². The SMILES string of the molecule is CC(C)(CCO)NC(=O)Nc1ccc(CC(C(=O)Nc2ccc3oc(C(=O)OC(C)(C)C)cc3c2)N2CCN(c3cc(Cl)ccc3-n3cnnn3)C(=O)C2=O)cc1. The molecule has 3 heterocycles. The average molecular weight is 800 g/mol. The van der Waals surface area contributed by atoms with Crippen LogP contribution in [0.15, 0.2) is 77.5 Å². The van der Waals surface area contributed by atoms with E-state index in [0.29, 0.717) is 50.7 Å². The second-order valence-electron chi connectivity index (χ2n) is 15.1. The first kappa shape index (κ1) is 40.3. The van der Waals surface area contributed by atoms with Crippen molar-refractivity contribution >= 4 is 69.4 Å². The van der Waals surface area contributed by atoms with Crippen molar-refractivity contribution in [1.29, 1.82) is 0 Å². The normalized spacial score (nSPS) is 14.1. The lowest BCUT2D eigenvalue weighted by Gasteiger charge is -2.38. The van der Waals surface area contributed by atoms with Gasteiger partial charge in [-0.25, -0.2) is 9.59 Å². The highest BCUT2D eigenvalue weighted by Crippen LogP contribution is 2.31. The van der Waals surface area contributed by atoms with Crippen molar-refractivity contribution in [2.75, 3.05) is 35.2 Å². The Balaban J connectivity index is 1.25. The van der Waals surface area contributed by atoms with Crippen LogP contribution >= 0.6 is 11.6 Å². The molecule has 4 N–H and O–H groups in total. The van der Waals surface area contributed by atoms with Crippen LogP contribution in [0.3, 0.4) is 0 Å². The van der Waals surface area contributed by atoms with Gasteiger partial charge in [0.2, 0.25) is 11.7 Å². The molecule has 5 aromatic rings. The van der Waals surface area contributed by atoms with E-state index < -0.39 is 46.9 Å². The number of benzene rings is 3. The number of aliphatic hydroxyl groups is 1. The Morgan fingerprint density at radius 1 is 0.912 bits per heavy atom. The molecule has 18 heteroatoms. The van der Waals surface area contributed by atoms with Gasteiger partial charge in [0.05, 0.1) is 11.4 Å². The zero-order chi connectivity index (χ0) is 41.1. The number of piperazine rings is 1. The largest absolute Gasteiger partial charge is 0.454 e. The number of nitrogens with one attached hydrogen (secondary N) is 3. The summed E-state index contributed by atoms with van der Waals surface area (Å²) in [5, 5.41) is 29.8. The van der Waals surface area contributed by atoms with Crippen molar-refractivity contribution in [2.24, 2.45) is 0 Å². The second-order valence-corrected chi connectivity index (χ2v) is 15.5. The molecule has 1 atom stereocenters. The van der Waals surface area contributed by atoms with Crippen molar-refractivity contribution in [2.45, 2.75) is 64.6 Å². The summed E-state index contributed by atoms with van der Waals surface area (Å²) in [5.74, 6) is -3.03. The summed E-state index contributed by atoms with van der Waals surface area (Å²) in [6.07, 6.45) is 1.71. The molecule has 1 unspecified atom stereocenters. The third-order valence-electron chi connectivity index (χ3n) is 8.97. The van der Waals surface area contributed by atoms with Gasteiger partial charge in [0.25, 0.3) is 0 Å². The number of anilines is 3. The summed E-state index contributed by atoms with van der Waals surface area (Å²) in [6, 6.07) is 16.2. The van der Waals surface area contributed by atoms with Gasteiger partial charge < -0.3 is 40.0 Å². The zero-order valence-electron chi connectivity index (χ0n) is 31.9. The van der Waals surface area contributed by atoms with Gasteiger partial charge in [0, 0.05) is 53.4 Å². The molecular formula is C39H42ClN9O8. The molecule has 0 spiro atoms. The van der Waals surface area contributed by atoms with E-state index >= 15 is 0 Å². The van der Waals surface area contributed by atoms with Crippen molar-refractivity contribution in [3.05, 3.63) is 89.4 Å². The lowest BCUT2D eigenvalue weighted by molar-refractivity contribution is -0.149. The number of aromatic nitrogens is 4. The first-order valence-electron chi connectivity index (χ1n) is 18.0. The summed E-state index contributed by atoms with van der Waals surface area (Å²) in [5.41, 5.74) is 1.19. The van der Waals surface area contributed by atoms with Gasteiger partial charge in [-0.3, -0.25) is 14.4 Å². The maximum absolute atomic E-state index is 14.2. The number of nitrogens with zero attached hydrogens (tertiary/aromatic N) is 6. The van der Waals surface area contributed by atoms with E-state index in [0.717, 1.165) is 0 Å². The van der Waals surface area contributed by atoms with Crippen molar-refractivity contribution in [3.63, 3.8) is 0 Å². The Labute approximate surface area is 332 Å². The van der Waals surface area contributed by atoms with Crippen molar-refractivity contribution in [3.8, 4) is 5.69 Å². The first-order valence-corrected chi connectivity index (χ1v) is 18.4. The van der Waals surface area contributed by atoms with Gasteiger partial charge >= 0.3 is 23.8 Å². The fourth-order valence-corrected chi connectivity index (χ4v) is 6.40. The smallest absolute Gasteiger partial charge is 0.374 e. The van der Waals surface area contributed by atoms with Gasteiger partial charge in [0.1, 0.15) is 23.6 Å². The van der Waals surface area contributed by atoms with Crippen LogP contribution in [-0.4, -0.2) is 96.8 Å². The number of ether oxygens (including phenoxy) is 1. The quantitative estimate of drug-likeness (QED) is 0.100. The molecule has 0 radical (unpaired) electrons. The average Bonchev–Trinajstić information content (AvgIpc) is 3.82. The number of halogens is 1. The first-order chi connectivity index (χ1) is 27.0. The molecule has 298 valence electrons. The minimum absolute atomic E-state index is 0.00417. The highest BCUT2D eigenvalue weighted by molar-refractivity contribution is 6.41. The van der Waals surface area contributed by atoms with Crippen LogP contribution in [0.25, 0.3) is 16.7 Å². The Kier molecular flexibility index (Phi) is 11.6. The molecule has 5 amide bonds.